The fraction of sp³-hybridized carbons (Fsp3) is 0.0909. The van der Waals surface area contributed by atoms with Crippen LogP contribution < -0.4 is 5.56 Å². The van der Waals surface area contributed by atoms with Gasteiger partial charge in [0.15, 0.2) is 4.83 Å². The Kier molecular flexibility index (Phi) is 2.87. The number of fused-ring (bicyclic) bond motifs is 2. The third kappa shape index (κ3) is 1.92. The lowest BCUT2D eigenvalue weighted by Crippen LogP contribution is -2.13. The third-order valence-electron chi connectivity index (χ3n) is 2.81. The number of hydrogen-bond donors (Lipinski definition) is 0. The predicted molar refractivity (Wildman–Crippen MR) is 72.6 cm³/mol. The first-order valence-electron chi connectivity index (χ1n) is 5.58. The van der Waals surface area contributed by atoms with E-state index in [0.717, 1.165) is 15.9 Å². The van der Waals surface area contributed by atoms with Gasteiger partial charge >= 0.3 is 5.97 Å². The summed E-state index contributed by atoms with van der Waals surface area (Å²) in [4.78, 5) is 34.2. The molecule has 0 bridgehead atoms. The number of esters is 1. The van der Waals surface area contributed by atoms with Gasteiger partial charge in [0, 0.05) is 16.8 Å². The minimum Gasteiger partial charge on any atom is -0.464 e. The maximum absolute atomic E-state index is 12.3. The van der Waals surface area contributed by atoms with Crippen molar-refractivity contribution < 1.29 is 14.5 Å². The van der Waals surface area contributed by atoms with Crippen LogP contribution in [-0.4, -0.2) is 32.8 Å². The quantitative estimate of drug-likeness (QED) is 0.394. The molecule has 0 radical (unpaired) electrons. The normalized spacial score (nSPS) is 10.9. The van der Waals surface area contributed by atoms with Crippen molar-refractivity contribution in [2.75, 3.05) is 7.11 Å². The van der Waals surface area contributed by atoms with E-state index < -0.39 is 16.5 Å². The van der Waals surface area contributed by atoms with Crippen LogP contribution in [-0.2, 0) is 4.74 Å². The van der Waals surface area contributed by atoms with Gasteiger partial charge in [-0.15, -0.1) is 16.4 Å². The topological polar surface area (TPSA) is 117 Å². The molecule has 0 aliphatic heterocycles. The number of benzene rings is 1. The number of rotatable bonds is 2. The Hall–Kier alpha value is -2.88. The minimum absolute atomic E-state index is 0.0696. The van der Waals surface area contributed by atoms with Crippen LogP contribution in [0, 0.1) is 10.1 Å². The maximum atomic E-state index is 12.3. The van der Waals surface area contributed by atoms with Gasteiger partial charge in [0.05, 0.1) is 17.4 Å². The number of hydrogen-bond acceptors (Lipinski definition) is 8. The summed E-state index contributed by atoms with van der Waals surface area (Å²) in [6.45, 7) is 0. The van der Waals surface area contributed by atoms with Gasteiger partial charge in [-0.3, -0.25) is 14.9 Å². The molecule has 0 spiro atoms. The summed E-state index contributed by atoms with van der Waals surface area (Å²) in [5.74, 6) is -0.707. The third-order valence-corrected chi connectivity index (χ3v) is 3.95. The van der Waals surface area contributed by atoms with Crippen LogP contribution in [0.2, 0.25) is 0 Å². The first-order valence-corrected chi connectivity index (χ1v) is 6.39. The summed E-state index contributed by atoms with van der Waals surface area (Å²) < 4.78 is 5.99. The molecule has 0 saturated heterocycles. The van der Waals surface area contributed by atoms with Gasteiger partial charge in [-0.25, -0.2) is 4.79 Å². The van der Waals surface area contributed by atoms with Crippen molar-refractivity contribution in [1.82, 2.24) is 14.8 Å². The second-order valence-corrected chi connectivity index (χ2v) is 5.02. The highest BCUT2D eigenvalue weighted by molar-refractivity contribution is 7.23. The molecule has 2 aromatic heterocycles. The van der Waals surface area contributed by atoms with Crippen molar-refractivity contribution in [3.63, 3.8) is 0 Å². The number of methoxy groups -OCH3 is 1. The summed E-state index contributed by atoms with van der Waals surface area (Å²) in [5.41, 5.74) is -0.843. The Morgan fingerprint density at radius 1 is 1.48 bits per heavy atom. The second-order valence-electron chi connectivity index (χ2n) is 3.99. The first kappa shape index (κ1) is 13.1. The van der Waals surface area contributed by atoms with E-state index in [1.54, 1.807) is 0 Å². The van der Waals surface area contributed by atoms with Gasteiger partial charge < -0.3 is 4.74 Å². The molecular weight excluding hydrogens is 300 g/mol. The molecule has 10 heteroatoms. The van der Waals surface area contributed by atoms with Gasteiger partial charge in [-0.05, 0) is 6.07 Å². The molecule has 9 nitrogen and oxygen atoms in total. The summed E-state index contributed by atoms with van der Waals surface area (Å²) in [6.07, 6.45) is 0. The van der Waals surface area contributed by atoms with Crippen LogP contribution in [0.15, 0.2) is 23.0 Å². The van der Waals surface area contributed by atoms with Crippen molar-refractivity contribution in [2.45, 2.75) is 0 Å². The standard InChI is InChI=1S/C11H6N4O5S/c1-20-11(17)8-10-14(13-12-8)9(16)6-4-5(15(18)19)2-3-7(6)21-10/h2-4H,1H3. The van der Waals surface area contributed by atoms with Crippen molar-refractivity contribution >= 4 is 37.9 Å². The van der Waals surface area contributed by atoms with E-state index in [0.29, 0.717) is 4.70 Å². The number of ether oxygens (including phenoxy) is 1. The molecule has 0 saturated carbocycles. The summed E-state index contributed by atoms with van der Waals surface area (Å²) in [7, 11) is 1.20. The molecule has 0 unspecified atom stereocenters. The second kappa shape index (κ2) is 4.59. The van der Waals surface area contributed by atoms with Gasteiger partial charge in [0.25, 0.3) is 11.2 Å². The zero-order valence-electron chi connectivity index (χ0n) is 10.5. The average molecular weight is 306 g/mol. The van der Waals surface area contributed by atoms with Gasteiger partial charge in [-0.2, -0.15) is 4.52 Å². The van der Waals surface area contributed by atoms with E-state index in [1.807, 2.05) is 0 Å². The van der Waals surface area contributed by atoms with Gasteiger partial charge in [0.1, 0.15) is 0 Å². The number of non-ortho nitro benzene ring substituents is 1. The fourth-order valence-corrected chi connectivity index (χ4v) is 2.86. The first-order chi connectivity index (χ1) is 10.0. The summed E-state index contributed by atoms with van der Waals surface area (Å²) in [6, 6.07) is 3.91. The lowest BCUT2D eigenvalue weighted by molar-refractivity contribution is -0.384. The number of nitro groups is 1. The van der Waals surface area contributed by atoms with Crippen LogP contribution in [0.4, 0.5) is 5.69 Å². The highest BCUT2D eigenvalue weighted by Crippen LogP contribution is 2.25. The fourth-order valence-electron chi connectivity index (χ4n) is 1.83. The molecule has 2 heterocycles. The molecule has 106 valence electrons. The van der Waals surface area contributed by atoms with Crippen molar-refractivity contribution in [3.8, 4) is 0 Å². The maximum Gasteiger partial charge on any atom is 0.361 e. The molecule has 0 amide bonds. The molecule has 0 N–H and O–H groups in total. The van der Waals surface area contributed by atoms with Crippen LogP contribution >= 0.6 is 11.3 Å². The lowest BCUT2D eigenvalue weighted by atomic mass is 10.2. The van der Waals surface area contributed by atoms with E-state index in [1.165, 1.54) is 25.3 Å². The van der Waals surface area contributed by atoms with E-state index in [4.69, 9.17) is 0 Å². The molecule has 0 aliphatic rings. The predicted octanol–water partition coefficient (Wildman–Crippen LogP) is 0.999. The number of carbonyl (C=O) groups excluding carboxylic acids is 1. The number of carbonyl (C=O) groups is 1. The van der Waals surface area contributed by atoms with Crippen LogP contribution in [0.25, 0.3) is 14.9 Å². The Morgan fingerprint density at radius 3 is 2.90 bits per heavy atom. The highest BCUT2D eigenvalue weighted by atomic mass is 32.1. The molecule has 0 fully saturated rings. The Balaban J connectivity index is 2.39. The van der Waals surface area contributed by atoms with Crippen molar-refractivity contribution in [3.05, 3.63) is 44.4 Å². The highest BCUT2D eigenvalue weighted by Gasteiger charge is 2.20. The van der Waals surface area contributed by atoms with Crippen LogP contribution in [0.1, 0.15) is 10.5 Å². The summed E-state index contributed by atoms with van der Waals surface area (Å²) in [5, 5.41) is 18.1. The molecular formula is C11H6N4O5S. The zero-order valence-corrected chi connectivity index (χ0v) is 11.3. The van der Waals surface area contributed by atoms with Crippen molar-refractivity contribution in [2.24, 2.45) is 0 Å². The lowest BCUT2D eigenvalue weighted by Gasteiger charge is -1.98. The van der Waals surface area contributed by atoms with Crippen LogP contribution in [0.5, 0.6) is 0 Å². The molecule has 0 aliphatic carbocycles. The number of nitro benzene ring substituents is 1. The zero-order chi connectivity index (χ0) is 15.1. The average Bonchev–Trinajstić information content (AvgIpc) is 2.90. The smallest absolute Gasteiger partial charge is 0.361 e. The van der Waals surface area contributed by atoms with E-state index in [2.05, 4.69) is 15.0 Å². The number of aromatic nitrogens is 3. The largest absolute Gasteiger partial charge is 0.464 e. The molecule has 3 aromatic rings. The van der Waals surface area contributed by atoms with E-state index in [9.17, 15) is 19.7 Å². The monoisotopic (exact) mass is 306 g/mol. The molecule has 3 rings (SSSR count). The van der Waals surface area contributed by atoms with Crippen molar-refractivity contribution in [1.29, 1.82) is 0 Å². The Bertz CT molecular complexity index is 960. The van der Waals surface area contributed by atoms with Crippen LogP contribution in [0.3, 0.4) is 0 Å². The Labute approximate surface area is 119 Å². The summed E-state index contributed by atoms with van der Waals surface area (Å²) >= 11 is 1.08. The van der Waals surface area contributed by atoms with Gasteiger partial charge in [-0.1, -0.05) is 5.21 Å². The number of nitrogens with zero attached hydrogens (tertiary/aromatic N) is 4. The van der Waals surface area contributed by atoms with E-state index in [-0.39, 0.29) is 21.6 Å². The minimum atomic E-state index is -0.707. The van der Waals surface area contributed by atoms with Gasteiger partial charge in [0.2, 0.25) is 5.69 Å². The molecule has 0 atom stereocenters. The molecule has 1 aromatic carbocycles. The van der Waals surface area contributed by atoms with E-state index >= 15 is 0 Å². The Morgan fingerprint density at radius 2 is 2.24 bits per heavy atom. The molecule has 21 heavy (non-hydrogen) atoms. The SMILES string of the molecule is COC(=O)c1nnn2c(=O)c3cc([N+](=O)[O-])ccc3sc12.